The molecule has 0 aliphatic heterocycles. The first-order valence-electron chi connectivity index (χ1n) is 11.4. The normalized spacial score (nSPS) is 10.8. The number of amides is 1. The van der Waals surface area contributed by atoms with E-state index in [-0.39, 0.29) is 36.6 Å². The van der Waals surface area contributed by atoms with Crippen molar-refractivity contribution in [2.75, 3.05) is 11.9 Å². The Morgan fingerprint density at radius 1 is 1.00 bits per heavy atom. The van der Waals surface area contributed by atoms with Gasteiger partial charge in [-0.2, -0.15) is 9.78 Å². The molecule has 8 heteroatoms. The predicted molar refractivity (Wildman–Crippen MR) is 133 cm³/mol. The van der Waals surface area contributed by atoms with Gasteiger partial charge in [0, 0.05) is 23.8 Å². The van der Waals surface area contributed by atoms with Crippen LogP contribution in [0.1, 0.15) is 51.6 Å². The van der Waals surface area contributed by atoms with Crippen LogP contribution in [0, 0.1) is 13.8 Å². The van der Waals surface area contributed by atoms with Gasteiger partial charge in [0.05, 0.1) is 18.3 Å². The third kappa shape index (κ3) is 5.27. The lowest BCUT2D eigenvalue weighted by atomic mass is 10.0. The fraction of sp³-hybridized carbons (Fsp3) is 0.222. The van der Waals surface area contributed by atoms with Gasteiger partial charge < -0.3 is 10.1 Å². The van der Waals surface area contributed by atoms with Crippen LogP contribution in [0.25, 0.3) is 16.7 Å². The molecule has 0 saturated heterocycles. The molecule has 0 unspecified atom stereocenters. The quantitative estimate of drug-likeness (QED) is 0.293. The third-order valence-corrected chi connectivity index (χ3v) is 5.60. The van der Waals surface area contributed by atoms with Crippen LogP contribution in [-0.2, 0) is 9.53 Å². The number of ketones is 1. The number of ether oxygens (including phenoxy) is 1. The molecule has 0 bridgehead atoms. The molecule has 0 saturated carbocycles. The fourth-order valence-corrected chi connectivity index (χ4v) is 3.75. The lowest BCUT2D eigenvalue weighted by Gasteiger charge is -2.12. The maximum atomic E-state index is 12.8. The molecule has 1 amide bonds. The number of Topliss-reactive ketones (excluding diaryl/α,β-unsaturated/α-hetero) is 1. The van der Waals surface area contributed by atoms with E-state index in [1.54, 1.807) is 19.1 Å². The van der Waals surface area contributed by atoms with Crippen LogP contribution in [0.5, 0.6) is 0 Å². The van der Waals surface area contributed by atoms with E-state index in [2.05, 4.69) is 15.4 Å². The molecule has 2 aromatic carbocycles. The monoisotopic (exact) mass is 470 g/mol. The minimum Gasteiger partial charge on any atom is -0.462 e. The van der Waals surface area contributed by atoms with E-state index in [1.807, 2.05) is 56.3 Å². The number of rotatable bonds is 8. The minimum atomic E-state index is -0.609. The van der Waals surface area contributed by atoms with E-state index < -0.39 is 11.9 Å². The predicted octanol–water partition coefficient (Wildman–Crippen LogP) is 4.82. The number of benzene rings is 2. The van der Waals surface area contributed by atoms with Crippen molar-refractivity contribution < 1.29 is 19.1 Å². The maximum absolute atomic E-state index is 12.8. The van der Waals surface area contributed by atoms with Crippen LogP contribution in [-0.4, -0.2) is 39.0 Å². The summed E-state index contributed by atoms with van der Waals surface area (Å²) in [6.45, 7) is 5.78. The van der Waals surface area contributed by atoms with Crippen molar-refractivity contribution >= 4 is 34.4 Å². The standard InChI is InChI=1S/C27H26N4O4/c1-4-35-27(34)21-16-28-31(24-15-18(3)20-7-5-6-8-22(20)29-24)26(21)30-25(33)14-13-23(32)19-11-9-17(2)10-12-19/h5-12,15-16H,4,13-14H2,1-3H3,(H,30,33). The first kappa shape index (κ1) is 23.8. The van der Waals surface area contributed by atoms with Crippen molar-refractivity contribution in [2.45, 2.75) is 33.6 Å². The summed E-state index contributed by atoms with van der Waals surface area (Å²) in [6, 6.07) is 16.7. The molecule has 35 heavy (non-hydrogen) atoms. The molecule has 2 heterocycles. The van der Waals surface area contributed by atoms with Crippen molar-refractivity contribution in [3.05, 3.63) is 83.0 Å². The Kier molecular flexibility index (Phi) is 7.01. The summed E-state index contributed by atoms with van der Waals surface area (Å²) in [4.78, 5) is 42.5. The van der Waals surface area contributed by atoms with Gasteiger partial charge in [0.25, 0.3) is 0 Å². The minimum absolute atomic E-state index is 0.0328. The van der Waals surface area contributed by atoms with Crippen molar-refractivity contribution in [3.8, 4) is 5.82 Å². The van der Waals surface area contributed by atoms with Gasteiger partial charge in [-0.1, -0.05) is 48.0 Å². The van der Waals surface area contributed by atoms with Crippen LogP contribution < -0.4 is 5.32 Å². The SMILES string of the molecule is CCOC(=O)c1cnn(-c2cc(C)c3ccccc3n2)c1NC(=O)CCC(=O)c1ccc(C)cc1. The molecular formula is C27H26N4O4. The Labute approximate surface area is 202 Å². The summed E-state index contributed by atoms with van der Waals surface area (Å²) in [5, 5.41) is 8.06. The lowest BCUT2D eigenvalue weighted by molar-refractivity contribution is -0.116. The number of nitrogens with one attached hydrogen (secondary N) is 1. The summed E-state index contributed by atoms with van der Waals surface area (Å²) in [5.74, 6) is -0.565. The third-order valence-electron chi connectivity index (χ3n) is 5.60. The zero-order valence-corrected chi connectivity index (χ0v) is 19.9. The topological polar surface area (TPSA) is 103 Å². The molecule has 1 N–H and O–H groups in total. The number of para-hydroxylation sites is 1. The molecule has 2 aromatic heterocycles. The van der Waals surface area contributed by atoms with Crippen molar-refractivity contribution in [1.29, 1.82) is 0 Å². The average Bonchev–Trinajstić information content (AvgIpc) is 3.26. The first-order valence-corrected chi connectivity index (χ1v) is 11.4. The van der Waals surface area contributed by atoms with E-state index in [0.29, 0.717) is 11.4 Å². The summed E-state index contributed by atoms with van der Waals surface area (Å²) < 4.78 is 6.55. The van der Waals surface area contributed by atoms with E-state index in [9.17, 15) is 14.4 Å². The van der Waals surface area contributed by atoms with Crippen molar-refractivity contribution in [2.24, 2.45) is 0 Å². The summed E-state index contributed by atoms with van der Waals surface area (Å²) in [5.41, 5.74) is 3.45. The van der Waals surface area contributed by atoms with Gasteiger partial charge >= 0.3 is 5.97 Å². The van der Waals surface area contributed by atoms with E-state index in [0.717, 1.165) is 22.0 Å². The Balaban J connectivity index is 1.61. The maximum Gasteiger partial charge on any atom is 0.343 e. The van der Waals surface area contributed by atoms with E-state index in [1.165, 1.54) is 10.9 Å². The van der Waals surface area contributed by atoms with Gasteiger partial charge in [0.15, 0.2) is 17.4 Å². The molecule has 178 valence electrons. The molecule has 0 aliphatic rings. The number of aryl methyl sites for hydroxylation is 2. The highest BCUT2D eigenvalue weighted by atomic mass is 16.5. The second-order valence-corrected chi connectivity index (χ2v) is 8.19. The highest BCUT2D eigenvalue weighted by Crippen LogP contribution is 2.25. The molecule has 4 aromatic rings. The van der Waals surface area contributed by atoms with E-state index in [4.69, 9.17) is 4.74 Å². The second-order valence-electron chi connectivity index (χ2n) is 8.19. The number of hydrogen-bond acceptors (Lipinski definition) is 6. The lowest BCUT2D eigenvalue weighted by Crippen LogP contribution is -2.19. The highest BCUT2D eigenvalue weighted by molar-refractivity contribution is 6.03. The number of pyridine rings is 1. The molecule has 8 nitrogen and oxygen atoms in total. The van der Waals surface area contributed by atoms with Crippen LogP contribution in [0.2, 0.25) is 0 Å². The zero-order chi connectivity index (χ0) is 24.9. The van der Waals surface area contributed by atoms with Crippen molar-refractivity contribution in [1.82, 2.24) is 14.8 Å². The number of nitrogens with zero attached hydrogens (tertiary/aromatic N) is 3. The Morgan fingerprint density at radius 2 is 1.74 bits per heavy atom. The highest BCUT2D eigenvalue weighted by Gasteiger charge is 2.23. The number of anilines is 1. The number of fused-ring (bicyclic) bond motifs is 1. The molecule has 0 spiro atoms. The van der Waals surface area contributed by atoms with Gasteiger partial charge in [-0.25, -0.2) is 9.78 Å². The summed E-state index contributed by atoms with van der Waals surface area (Å²) >= 11 is 0. The van der Waals surface area contributed by atoms with Crippen molar-refractivity contribution in [3.63, 3.8) is 0 Å². The fourth-order valence-electron chi connectivity index (χ4n) is 3.75. The van der Waals surface area contributed by atoms with Crippen LogP contribution in [0.4, 0.5) is 5.82 Å². The molecule has 0 aliphatic carbocycles. The summed E-state index contributed by atoms with van der Waals surface area (Å²) in [6.07, 6.45) is 1.33. The molecule has 4 rings (SSSR count). The van der Waals surface area contributed by atoms with E-state index >= 15 is 0 Å². The van der Waals surface area contributed by atoms with Crippen LogP contribution in [0.15, 0.2) is 60.8 Å². The number of carbonyl (C=O) groups excluding carboxylic acids is 3. The molecule has 0 radical (unpaired) electrons. The Hall–Kier alpha value is -4.33. The van der Waals surface area contributed by atoms with Gasteiger partial charge in [-0.3, -0.25) is 9.59 Å². The number of hydrogen-bond donors (Lipinski definition) is 1. The Morgan fingerprint density at radius 3 is 2.49 bits per heavy atom. The molecule has 0 atom stereocenters. The van der Waals surface area contributed by atoms with Gasteiger partial charge in [-0.15, -0.1) is 0 Å². The zero-order valence-electron chi connectivity index (χ0n) is 19.9. The van der Waals surface area contributed by atoms with Gasteiger partial charge in [0.1, 0.15) is 5.56 Å². The number of carbonyl (C=O) groups is 3. The smallest absolute Gasteiger partial charge is 0.343 e. The Bertz CT molecular complexity index is 1410. The number of aromatic nitrogens is 3. The van der Waals surface area contributed by atoms with Crippen LogP contribution in [0.3, 0.4) is 0 Å². The number of esters is 1. The second kappa shape index (κ2) is 10.3. The largest absolute Gasteiger partial charge is 0.462 e. The van der Waals surface area contributed by atoms with Crippen LogP contribution >= 0.6 is 0 Å². The first-order chi connectivity index (χ1) is 16.9. The molecule has 0 fully saturated rings. The molecular weight excluding hydrogens is 444 g/mol. The van der Waals surface area contributed by atoms with Gasteiger partial charge in [-0.05, 0) is 38.5 Å². The average molecular weight is 471 g/mol. The van der Waals surface area contributed by atoms with Gasteiger partial charge in [0.2, 0.25) is 5.91 Å². The summed E-state index contributed by atoms with van der Waals surface area (Å²) in [7, 11) is 0.